The second-order valence-corrected chi connectivity index (χ2v) is 5.95. The van der Waals surface area contributed by atoms with Crippen LogP contribution >= 0.6 is 0 Å². The van der Waals surface area contributed by atoms with Gasteiger partial charge in [0.2, 0.25) is 0 Å². The van der Waals surface area contributed by atoms with Crippen LogP contribution in [0.4, 0.5) is 10.2 Å². The molecule has 0 aliphatic heterocycles. The quantitative estimate of drug-likeness (QED) is 0.658. The molecule has 0 radical (unpaired) electrons. The minimum absolute atomic E-state index is 0.126. The van der Waals surface area contributed by atoms with Crippen molar-refractivity contribution in [3.05, 3.63) is 40.8 Å². The number of esters is 1. The highest BCUT2D eigenvalue weighted by Gasteiger charge is 2.25. The van der Waals surface area contributed by atoms with Gasteiger partial charge < -0.3 is 10.1 Å². The van der Waals surface area contributed by atoms with E-state index in [1.54, 1.807) is 26.0 Å². The van der Waals surface area contributed by atoms with Crippen LogP contribution in [0.5, 0.6) is 0 Å². The minimum atomic E-state index is -0.767. The van der Waals surface area contributed by atoms with Crippen LogP contribution in [0, 0.1) is 11.7 Å². The SMILES string of the molecule is COC(=O)[C@@H](Nc1nc(-c2ccc3n[nH]c(=O)n3c2)ncc1F)C(C)C. The van der Waals surface area contributed by atoms with Gasteiger partial charge in [-0.1, -0.05) is 13.8 Å². The van der Waals surface area contributed by atoms with Gasteiger partial charge in [0.25, 0.3) is 0 Å². The van der Waals surface area contributed by atoms with Gasteiger partial charge in [0.1, 0.15) is 6.04 Å². The van der Waals surface area contributed by atoms with Gasteiger partial charge in [-0.15, -0.1) is 0 Å². The predicted molar refractivity (Wildman–Crippen MR) is 91.1 cm³/mol. The number of aromatic amines is 1. The van der Waals surface area contributed by atoms with Crippen molar-refractivity contribution in [1.82, 2.24) is 24.6 Å². The fraction of sp³-hybridized carbons (Fsp3) is 0.312. The summed E-state index contributed by atoms with van der Waals surface area (Å²) < 4.78 is 20.2. The monoisotopic (exact) mass is 360 g/mol. The van der Waals surface area contributed by atoms with Crippen molar-refractivity contribution >= 4 is 17.4 Å². The van der Waals surface area contributed by atoms with E-state index >= 15 is 0 Å². The molecule has 0 aliphatic carbocycles. The van der Waals surface area contributed by atoms with Gasteiger partial charge in [-0.3, -0.25) is 0 Å². The van der Waals surface area contributed by atoms with Crippen molar-refractivity contribution in [2.24, 2.45) is 5.92 Å². The summed E-state index contributed by atoms with van der Waals surface area (Å²) in [6.07, 6.45) is 2.50. The molecule has 2 N–H and O–H groups in total. The molecular weight excluding hydrogens is 343 g/mol. The van der Waals surface area contributed by atoms with Crippen molar-refractivity contribution in [3.8, 4) is 11.4 Å². The van der Waals surface area contributed by atoms with Gasteiger partial charge in [-0.05, 0) is 18.1 Å². The lowest BCUT2D eigenvalue weighted by Gasteiger charge is -2.20. The molecule has 10 heteroatoms. The van der Waals surface area contributed by atoms with Crippen LogP contribution in [0.15, 0.2) is 29.3 Å². The smallest absolute Gasteiger partial charge is 0.347 e. The Morgan fingerprint density at radius 3 is 2.85 bits per heavy atom. The van der Waals surface area contributed by atoms with E-state index in [0.29, 0.717) is 11.2 Å². The first kappa shape index (κ1) is 17.5. The Bertz CT molecular complexity index is 1010. The largest absolute Gasteiger partial charge is 0.467 e. The van der Waals surface area contributed by atoms with Crippen molar-refractivity contribution in [1.29, 1.82) is 0 Å². The number of pyridine rings is 1. The number of anilines is 1. The van der Waals surface area contributed by atoms with Gasteiger partial charge in [-0.25, -0.2) is 33.4 Å². The maximum absolute atomic E-state index is 14.1. The lowest BCUT2D eigenvalue weighted by atomic mass is 10.0. The topological polar surface area (TPSA) is 114 Å². The second kappa shape index (κ2) is 6.90. The molecule has 0 aliphatic rings. The molecule has 0 fully saturated rings. The number of hydrogen-bond acceptors (Lipinski definition) is 7. The highest BCUT2D eigenvalue weighted by molar-refractivity contribution is 5.79. The molecular formula is C16H17FN6O3. The first-order valence-electron chi connectivity index (χ1n) is 7.84. The van der Waals surface area contributed by atoms with Gasteiger partial charge in [-0.2, -0.15) is 5.10 Å². The molecule has 0 unspecified atom stereocenters. The van der Waals surface area contributed by atoms with E-state index in [4.69, 9.17) is 4.74 Å². The zero-order chi connectivity index (χ0) is 18.8. The molecule has 3 aromatic heterocycles. The van der Waals surface area contributed by atoms with Crippen LogP contribution in [-0.4, -0.2) is 43.7 Å². The van der Waals surface area contributed by atoms with E-state index < -0.39 is 23.5 Å². The Morgan fingerprint density at radius 1 is 1.38 bits per heavy atom. The fourth-order valence-corrected chi connectivity index (χ4v) is 2.42. The predicted octanol–water partition coefficient (Wildman–Crippen LogP) is 1.23. The summed E-state index contributed by atoms with van der Waals surface area (Å²) >= 11 is 0. The molecule has 3 aromatic rings. The van der Waals surface area contributed by atoms with Crippen LogP contribution in [0.3, 0.4) is 0 Å². The Labute approximate surface area is 147 Å². The van der Waals surface area contributed by atoms with E-state index in [1.807, 2.05) is 0 Å². The number of carbonyl (C=O) groups is 1. The third-order valence-electron chi connectivity index (χ3n) is 3.83. The normalized spacial score (nSPS) is 12.3. The van der Waals surface area contributed by atoms with Crippen molar-refractivity contribution < 1.29 is 13.9 Å². The average molecular weight is 360 g/mol. The van der Waals surface area contributed by atoms with E-state index in [1.165, 1.54) is 17.7 Å². The first-order valence-corrected chi connectivity index (χ1v) is 7.84. The standard InChI is InChI=1S/C16H17FN6O3/c1-8(2)12(15(24)26-3)19-14-10(17)6-18-13(20-14)9-4-5-11-21-22-16(25)23(11)7-9/h4-8,12H,1-3H3,(H,22,25)(H,18,19,20)/t12-/m0/s1. The number of halogens is 1. The van der Waals surface area contributed by atoms with Gasteiger partial charge in [0.05, 0.1) is 13.3 Å². The summed E-state index contributed by atoms with van der Waals surface area (Å²) in [5.74, 6) is -1.31. The molecule has 1 atom stereocenters. The van der Waals surface area contributed by atoms with Gasteiger partial charge in [0.15, 0.2) is 23.1 Å². The maximum Gasteiger partial charge on any atom is 0.347 e. The molecule has 0 bridgehead atoms. The minimum Gasteiger partial charge on any atom is -0.467 e. The summed E-state index contributed by atoms with van der Waals surface area (Å²) in [6.45, 7) is 3.60. The van der Waals surface area contributed by atoms with E-state index in [-0.39, 0.29) is 17.6 Å². The highest BCUT2D eigenvalue weighted by atomic mass is 19.1. The molecule has 0 spiro atoms. The van der Waals surface area contributed by atoms with E-state index in [2.05, 4.69) is 25.5 Å². The van der Waals surface area contributed by atoms with Crippen LogP contribution in [0.2, 0.25) is 0 Å². The number of methoxy groups -OCH3 is 1. The Balaban J connectivity index is 1.99. The molecule has 0 saturated carbocycles. The summed E-state index contributed by atoms with van der Waals surface area (Å²) in [5.41, 5.74) is 0.515. The first-order chi connectivity index (χ1) is 12.4. The van der Waals surface area contributed by atoms with E-state index in [0.717, 1.165) is 6.20 Å². The summed E-state index contributed by atoms with van der Waals surface area (Å²) in [7, 11) is 1.26. The highest BCUT2D eigenvalue weighted by Crippen LogP contribution is 2.20. The number of fused-ring (bicyclic) bond motifs is 1. The van der Waals surface area contributed by atoms with Crippen molar-refractivity contribution in [3.63, 3.8) is 0 Å². The molecule has 9 nitrogen and oxygen atoms in total. The molecule has 3 heterocycles. The molecule has 0 aromatic carbocycles. The Morgan fingerprint density at radius 2 is 2.15 bits per heavy atom. The van der Waals surface area contributed by atoms with Crippen molar-refractivity contribution in [2.45, 2.75) is 19.9 Å². The van der Waals surface area contributed by atoms with Crippen LogP contribution in [0.25, 0.3) is 17.0 Å². The summed E-state index contributed by atoms with van der Waals surface area (Å²) in [4.78, 5) is 31.7. The number of hydrogen-bond donors (Lipinski definition) is 2. The zero-order valence-corrected chi connectivity index (χ0v) is 14.4. The van der Waals surface area contributed by atoms with Gasteiger partial charge >= 0.3 is 11.7 Å². The number of rotatable bonds is 5. The maximum atomic E-state index is 14.1. The number of carbonyl (C=O) groups excluding carboxylic acids is 1. The number of aromatic nitrogens is 5. The van der Waals surface area contributed by atoms with Gasteiger partial charge in [0, 0.05) is 11.8 Å². The lowest BCUT2D eigenvalue weighted by Crippen LogP contribution is -2.36. The third-order valence-corrected chi connectivity index (χ3v) is 3.83. The van der Waals surface area contributed by atoms with Crippen LogP contribution in [-0.2, 0) is 9.53 Å². The molecule has 0 saturated heterocycles. The number of ether oxygens (including phenoxy) is 1. The van der Waals surface area contributed by atoms with Crippen molar-refractivity contribution in [2.75, 3.05) is 12.4 Å². The fourth-order valence-electron chi connectivity index (χ4n) is 2.42. The number of nitrogens with one attached hydrogen (secondary N) is 2. The third kappa shape index (κ3) is 3.25. The van der Waals surface area contributed by atoms with Crippen LogP contribution < -0.4 is 11.0 Å². The zero-order valence-electron chi connectivity index (χ0n) is 14.4. The molecule has 136 valence electrons. The summed E-state index contributed by atoms with van der Waals surface area (Å²) in [5, 5.41) is 8.92. The molecule has 26 heavy (non-hydrogen) atoms. The van der Waals surface area contributed by atoms with E-state index in [9.17, 15) is 14.0 Å². The second-order valence-electron chi connectivity index (χ2n) is 5.95. The summed E-state index contributed by atoms with van der Waals surface area (Å²) in [6, 6.07) is 2.50. The number of H-pyrrole nitrogens is 1. The molecule has 0 amide bonds. The lowest BCUT2D eigenvalue weighted by molar-refractivity contribution is -0.142. The number of nitrogens with zero attached hydrogens (tertiary/aromatic N) is 4. The molecule has 3 rings (SSSR count). The van der Waals surface area contributed by atoms with Crippen LogP contribution in [0.1, 0.15) is 13.8 Å². The Kier molecular flexibility index (Phi) is 4.65. The average Bonchev–Trinajstić information content (AvgIpc) is 3.00. The Hall–Kier alpha value is -3.30.